The molecule has 0 unspecified atom stereocenters. The molecule has 1 atom stereocenters. The number of para-hydroxylation sites is 1. The van der Waals surface area contributed by atoms with Crippen LogP contribution in [0.4, 0.5) is 5.69 Å². The first-order valence-corrected chi connectivity index (χ1v) is 9.10. The van der Waals surface area contributed by atoms with E-state index in [9.17, 15) is 5.11 Å². The van der Waals surface area contributed by atoms with Gasteiger partial charge in [-0.05, 0) is 30.5 Å². The van der Waals surface area contributed by atoms with Crippen molar-refractivity contribution < 1.29 is 14.6 Å². The smallest absolute Gasteiger partial charge is 0.247 e. The van der Waals surface area contributed by atoms with Gasteiger partial charge in [0.2, 0.25) is 11.0 Å². The molecule has 2 heterocycles. The maximum Gasteiger partial charge on any atom is 0.247 e. The number of methoxy groups -OCH3 is 1. The summed E-state index contributed by atoms with van der Waals surface area (Å²) >= 11 is 1.39. The number of aromatic nitrogens is 3. The van der Waals surface area contributed by atoms with E-state index in [0.717, 1.165) is 16.8 Å². The third kappa shape index (κ3) is 2.88. The molecule has 0 saturated carbocycles. The Bertz CT molecular complexity index is 967. The minimum atomic E-state index is -0.555. The minimum absolute atomic E-state index is 0.0405. The van der Waals surface area contributed by atoms with E-state index in [2.05, 4.69) is 20.5 Å². The topological polar surface area (TPSA) is 89.4 Å². The van der Waals surface area contributed by atoms with Crippen LogP contribution in [-0.2, 0) is 0 Å². The van der Waals surface area contributed by atoms with Crippen molar-refractivity contribution >= 4 is 17.4 Å². The van der Waals surface area contributed by atoms with Crippen LogP contribution in [0.15, 0.2) is 47.6 Å². The van der Waals surface area contributed by atoms with E-state index < -0.39 is 6.23 Å². The first-order valence-electron chi connectivity index (χ1n) is 7.88. The van der Waals surface area contributed by atoms with Gasteiger partial charge in [-0.15, -0.1) is 10.2 Å². The third-order valence-corrected chi connectivity index (χ3v) is 4.56. The van der Waals surface area contributed by atoms with E-state index >= 15 is 0 Å². The van der Waals surface area contributed by atoms with Crippen molar-refractivity contribution in [1.82, 2.24) is 15.2 Å². The fourth-order valence-electron chi connectivity index (χ4n) is 2.75. The van der Waals surface area contributed by atoms with Crippen LogP contribution < -0.4 is 14.8 Å². The molecule has 2 aromatic carbocycles. The van der Waals surface area contributed by atoms with Crippen LogP contribution in [0.5, 0.6) is 17.4 Å². The van der Waals surface area contributed by atoms with Crippen LogP contribution in [0.2, 0.25) is 0 Å². The first kappa shape index (κ1) is 16.5. The summed E-state index contributed by atoms with van der Waals surface area (Å²) in [5, 5.41) is 22.4. The molecule has 2 N–H and O–H groups in total. The number of hydrogen-bond acceptors (Lipinski definition) is 8. The molecular formula is C18H16N4O3S. The second kappa shape index (κ2) is 6.72. The van der Waals surface area contributed by atoms with Gasteiger partial charge in [0.25, 0.3) is 0 Å². The lowest BCUT2D eigenvalue weighted by atomic mass is 10.1. The summed E-state index contributed by atoms with van der Waals surface area (Å²) in [5.41, 5.74) is 3.01. The number of benzene rings is 2. The van der Waals surface area contributed by atoms with Crippen molar-refractivity contribution in [2.75, 3.05) is 18.7 Å². The van der Waals surface area contributed by atoms with Gasteiger partial charge < -0.3 is 19.9 Å². The van der Waals surface area contributed by atoms with Gasteiger partial charge >= 0.3 is 0 Å². The van der Waals surface area contributed by atoms with Gasteiger partial charge in [0, 0.05) is 16.8 Å². The number of aromatic hydroxyl groups is 1. The standard InChI is InChI=1S/C18H16N4O3S/c1-24-14-8-7-10(9-13(14)23)16-19-12-6-4-3-5-11(12)15-17(25-16)20-18(26-2)22-21-15/h3-9,16,19,23H,1-2H3/t16-/m1/s1. The second-order valence-corrected chi connectivity index (χ2v) is 6.34. The molecule has 4 rings (SSSR count). The molecule has 8 heteroatoms. The Morgan fingerprint density at radius 1 is 1.19 bits per heavy atom. The normalized spacial score (nSPS) is 15.1. The fourth-order valence-corrected chi connectivity index (χ4v) is 3.05. The Kier molecular flexibility index (Phi) is 4.26. The van der Waals surface area contributed by atoms with E-state index in [1.807, 2.05) is 36.6 Å². The highest BCUT2D eigenvalue weighted by molar-refractivity contribution is 7.98. The number of rotatable bonds is 3. The highest BCUT2D eigenvalue weighted by atomic mass is 32.2. The molecule has 1 aliphatic heterocycles. The van der Waals surface area contributed by atoms with Gasteiger partial charge in [0.15, 0.2) is 23.4 Å². The molecule has 0 radical (unpaired) electrons. The van der Waals surface area contributed by atoms with E-state index in [1.54, 1.807) is 12.1 Å². The van der Waals surface area contributed by atoms with Crippen molar-refractivity contribution in [2.45, 2.75) is 11.4 Å². The molecule has 0 saturated heterocycles. The highest BCUT2D eigenvalue weighted by Crippen LogP contribution is 2.40. The van der Waals surface area contributed by atoms with Crippen LogP contribution >= 0.6 is 11.8 Å². The van der Waals surface area contributed by atoms with Gasteiger partial charge in [0.1, 0.15) is 0 Å². The SMILES string of the molecule is COc1ccc([C@@H]2Nc3ccccc3-c3nnc(SC)nc3O2)cc1O. The lowest BCUT2D eigenvalue weighted by molar-refractivity contribution is 0.224. The summed E-state index contributed by atoms with van der Waals surface area (Å²) in [5.74, 6) is 0.831. The lowest BCUT2D eigenvalue weighted by Crippen LogP contribution is -2.17. The van der Waals surface area contributed by atoms with E-state index in [4.69, 9.17) is 9.47 Å². The average molecular weight is 368 g/mol. The molecular weight excluding hydrogens is 352 g/mol. The van der Waals surface area contributed by atoms with E-state index in [0.29, 0.717) is 22.5 Å². The molecule has 0 fully saturated rings. The quantitative estimate of drug-likeness (QED) is 0.679. The summed E-state index contributed by atoms with van der Waals surface area (Å²) < 4.78 is 11.2. The summed E-state index contributed by atoms with van der Waals surface area (Å²) in [6.45, 7) is 0. The number of thioether (sulfide) groups is 1. The Labute approximate surface area is 154 Å². The number of hydrogen-bond donors (Lipinski definition) is 2. The Hall–Kier alpha value is -3.00. The lowest BCUT2D eigenvalue weighted by Gasteiger charge is -2.20. The molecule has 132 valence electrons. The van der Waals surface area contributed by atoms with Gasteiger partial charge in [-0.1, -0.05) is 30.0 Å². The molecule has 7 nitrogen and oxygen atoms in total. The average Bonchev–Trinajstić information content (AvgIpc) is 2.84. The minimum Gasteiger partial charge on any atom is -0.504 e. The maximum atomic E-state index is 10.1. The molecule has 1 aliphatic rings. The molecule has 0 spiro atoms. The van der Waals surface area contributed by atoms with Crippen molar-refractivity contribution in [3.63, 3.8) is 0 Å². The monoisotopic (exact) mass is 368 g/mol. The van der Waals surface area contributed by atoms with Crippen LogP contribution in [0.3, 0.4) is 0 Å². The summed E-state index contributed by atoms with van der Waals surface area (Å²) in [7, 11) is 1.51. The number of nitrogens with zero attached hydrogens (tertiary/aromatic N) is 3. The largest absolute Gasteiger partial charge is 0.504 e. The second-order valence-electron chi connectivity index (χ2n) is 5.57. The van der Waals surface area contributed by atoms with Crippen LogP contribution in [0.1, 0.15) is 11.8 Å². The molecule has 0 amide bonds. The number of nitrogens with one attached hydrogen (secondary N) is 1. The molecule has 0 aliphatic carbocycles. The molecule has 1 aromatic heterocycles. The van der Waals surface area contributed by atoms with Crippen molar-refractivity contribution in [2.24, 2.45) is 0 Å². The zero-order valence-corrected chi connectivity index (χ0v) is 14.9. The molecule has 3 aromatic rings. The summed E-state index contributed by atoms with van der Waals surface area (Å²) in [6, 6.07) is 12.9. The maximum absolute atomic E-state index is 10.1. The Morgan fingerprint density at radius 2 is 2.04 bits per heavy atom. The van der Waals surface area contributed by atoms with Crippen LogP contribution in [0.25, 0.3) is 11.3 Å². The zero-order valence-electron chi connectivity index (χ0n) is 14.1. The number of ether oxygens (including phenoxy) is 2. The van der Waals surface area contributed by atoms with Crippen molar-refractivity contribution in [1.29, 1.82) is 0 Å². The first-order chi connectivity index (χ1) is 12.7. The van der Waals surface area contributed by atoms with E-state index in [1.165, 1.54) is 18.9 Å². The van der Waals surface area contributed by atoms with Gasteiger partial charge in [-0.2, -0.15) is 4.98 Å². The summed E-state index contributed by atoms with van der Waals surface area (Å²) in [6.07, 6.45) is 1.33. The Balaban J connectivity index is 1.83. The van der Waals surface area contributed by atoms with Crippen molar-refractivity contribution in [3.05, 3.63) is 48.0 Å². The molecule has 0 bridgehead atoms. The zero-order chi connectivity index (χ0) is 18.1. The predicted octanol–water partition coefficient (Wildman–Crippen LogP) is 3.48. The van der Waals surface area contributed by atoms with Gasteiger partial charge in [0.05, 0.1) is 7.11 Å². The number of phenols is 1. The molecule has 26 heavy (non-hydrogen) atoms. The summed E-state index contributed by atoms with van der Waals surface area (Å²) in [4.78, 5) is 4.46. The van der Waals surface area contributed by atoms with Gasteiger partial charge in [-0.25, -0.2) is 0 Å². The highest BCUT2D eigenvalue weighted by Gasteiger charge is 2.26. The van der Waals surface area contributed by atoms with Crippen molar-refractivity contribution in [3.8, 4) is 28.6 Å². The number of fused-ring (bicyclic) bond motifs is 3. The van der Waals surface area contributed by atoms with Crippen LogP contribution in [0, 0.1) is 0 Å². The number of phenolic OH excluding ortho intramolecular Hbond substituents is 1. The fraction of sp³-hybridized carbons (Fsp3) is 0.167. The number of anilines is 1. The Morgan fingerprint density at radius 3 is 2.81 bits per heavy atom. The van der Waals surface area contributed by atoms with E-state index in [-0.39, 0.29) is 5.75 Å². The van der Waals surface area contributed by atoms with Gasteiger partial charge in [-0.3, -0.25) is 0 Å². The van der Waals surface area contributed by atoms with Crippen LogP contribution in [-0.4, -0.2) is 33.7 Å². The predicted molar refractivity (Wildman–Crippen MR) is 98.7 cm³/mol. The third-order valence-electron chi connectivity index (χ3n) is 4.02.